The fourth-order valence-electron chi connectivity index (χ4n) is 5.54. The van der Waals surface area contributed by atoms with Gasteiger partial charge in [0.2, 0.25) is 11.5 Å². The molecule has 0 saturated carbocycles. The van der Waals surface area contributed by atoms with Crippen LogP contribution in [0, 0.1) is 11.8 Å². The number of benzene rings is 1. The van der Waals surface area contributed by atoms with E-state index in [2.05, 4.69) is 14.9 Å². The Labute approximate surface area is 248 Å². The Morgan fingerprint density at radius 3 is 2.53 bits per heavy atom. The molecule has 2 aliphatic heterocycles. The van der Waals surface area contributed by atoms with Crippen molar-refractivity contribution in [2.75, 3.05) is 49.7 Å². The number of esters is 1. The lowest BCUT2D eigenvalue weighted by Gasteiger charge is -2.32. The van der Waals surface area contributed by atoms with Crippen LogP contribution >= 0.6 is 0 Å². The maximum atomic E-state index is 13.7. The highest BCUT2D eigenvalue weighted by atomic mass is 19.4. The number of alkyl halides is 3. The maximum Gasteiger partial charge on any atom is 0.437 e. The van der Waals surface area contributed by atoms with Crippen molar-refractivity contribution in [2.24, 2.45) is 11.8 Å². The molecule has 3 aromatic rings. The number of nitrogens with zero attached hydrogens (tertiary/aromatic N) is 4. The minimum Gasteiger partial charge on any atom is -0.493 e. The van der Waals surface area contributed by atoms with Crippen LogP contribution in [0.4, 0.5) is 25.0 Å². The standard InChI is InChI=1S/C31H35F3N4O5/c1-20-5-4-12-38(18-20)30-36-28(31(32,33)34)27(43-30)25(39)15-22-8-9-26(35-17-22)37-13-10-21(11-14-37)19-42-24-7-3-6-23(16-24)29(40)41-2/h3,6-9,16-17,20-21H,4-5,10-15,18-19H2,1-2H3. The molecular weight excluding hydrogens is 565 g/mol. The van der Waals surface area contributed by atoms with Crippen LogP contribution in [-0.2, 0) is 17.3 Å². The molecule has 0 amide bonds. The molecule has 12 heteroatoms. The summed E-state index contributed by atoms with van der Waals surface area (Å²) < 4.78 is 57.4. The highest BCUT2D eigenvalue weighted by Crippen LogP contribution is 2.35. The molecule has 0 spiro atoms. The SMILES string of the molecule is COC(=O)c1cccc(OCC2CCN(c3ccc(CC(=O)c4oc(N5CCCC(C)C5)nc4C(F)(F)F)cn3)CC2)c1. The van der Waals surface area contributed by atoms with Crippen molar-refractivity contribution in [1.82, 2.24) is 9.97 Å². The zero-order chi connectivity index (χ0) is 30.6. The van der Waals surface area contributed by atoms with Gasteiger partial charge in [0, 0.05) is 38.8 Å². The summed E-state index contributed by atoms with van der Waals surface area (Å²) in [5.74, 6) is 0.0189. The molecule has 1 atom stereocenters. The summed E-state index contributed by atoms with van der Waals surface area (Å²) in [6.07, 6.45) is 0.000813. The van der Waals surface area contributed by atoms with Crippen LogP contribution < -0.4 is 14.5 Å². The first-order chi connectivity index (χ1) is 20.6. The molecule has 9 nitrogen and oxygen atoms in total. The van der Waals surface area contributed by atoms with Gasteiger partial charge in [-0.2, -0.15) is 18.2 Å². The van der Waals surface area contributed by atoms with Crippen LogP contribution in [0.2, 0.25) is 0 Å². The number of oxazole rings is 1. The number of hydrogen-bond acceptors (Lipinski definition) is 9. The van der Waals surface area contributed by atoms with E-state index in [0.717, 1.165) is 44.6 Å². The molecule has 2 aliphatic rings. The Morgan fingerprint density at radius 1 is 1.07 bits per heavy atom. The lowest BCUT2D eigenvalue weighted by Crippen LogP contribution is -2.36. The summed E-state index contributed by atoms with van der Waals surface area (Å²) in [6, 6.07) is 10.2. The van der Waals surface area contributed by atoms with Crippen LogP contribution in [0.25, 0.3) is 0 Å². The molecule has 0 N–H and O–H groups in total. The molecule has 230 valence electrons. The number of Topliss-reactive ketones (excluding diaryl/α,β-unsaturated/α-hetero) is 1. The summed E-state index contributed by atoms with van der Waals surface area (Å²) in [5, 5.41) is 0. The number of hydrogen-bond donors (Lipinski definition) is 0. The number of ketones is 1. The van der Waals surface area contributed by atoms with E-state index in [9.17, 15) is 22.8 Å². The van der Waals surface area contributed by atoms with E-state index in [-0.39, 0.29) is 12.4 Å². The molecular formula is C31H35F3N4O5. The number of rotatable bonds is 9. The van der Waals surface area contributed by atoms with Crippen LogP contribution in [0.5, 0.6) is 5.75 Å². The van der Waals surface area contributed by atoms with Crippen LogP contribution in [0.1, 0.15) is 64.8 Å². The second kappa shape index (κ2) is 13.0. The Bertz CT molecular complexity index is 1420. The number of carbonyl (C=O) groups excluding carboxylic acids is 2. The van der Waals surface area contributed by atoms with Gasteiger partial charge in [0.25, 0.3) is 6.01 Å². The number of aromatic nitrogens is 2. The van der Waals surface area contributed by atoms with Crippen molar-refractivity contribution in [1.29, 1.82) is 0 Å². The summed E-state index contributed by atoms with van der Waals surface area (Å²) in [5.41, 5.74) is -0.355. The fraction of sp³-hybridized carbons (Fsp3) is 0.484. The second-order valence-corrected chi connectivity index (χ2v) is 11.3. The van der Waals surface area contributed by atoms with Gasteiger partial charge in [0.15, 0.2) is 5.69 Å². The van der Waals surface area contributed by atoms with Gasteiger partial charge < -0.3 is 23.7 Å². The Morgan fingerprint density at radius 2 is 1.86 bits per heavy atom. The smallest absolute Gasteiger partial charge is 0.437 e. The number of piperidine rings is 2. The van der Waals surface area contributed by atoms with Crippen molar-refractivity contribution < 1.29 is 36.7 Å². The van der Waals surface area contributed by atoms with E-state index < -0.39 is 29.4 Å². The van der Waals surface area contributed by atoms with Gasteiger partial charge in [-0.3, -0.25) is 4.79 Å². The zero-order valence-electron chi connectivity index (χ0n) is 24.2. The van der Waals surface area contributed by atoms with Gasteiger partial charge in [-0.25, -0.2) is 9.78 Å². The second-order valence-electron chi connectivity index (χ2n) is 11.3. The number of carbonyl (C=O) groups is 2. The van der Waals surface area contributed by atoms with Gasteiger partial charge in [0.05, 0.1) is 19.3 Å². The first kappa shape index (κ1) is 30.4. The average molecular weight is 601 g/mol. The van der Waals surface area contributed by atoms with Crippen LogP contribution in [0.15, 0.2) is 47.0 Å². The quantitative estimate of drug-likeness (QED) is 0.222. The monoisotopic (exact) mass is 600 g/mol. The lowest BCUT2D eigenvalue weighted by atomic mass is 9.97. The molecule has 0 aliphatic carbocycles. The molecule has 5 rings (SSSR count). The molecule has 2 aromatic heterocycles. The summed E-state index contributed by atoms with van der Waals surface area (Å²) in [6.45, 7) is 5.13. The third kappa shape index (κ3) is 7.47. The number of pyridine rings is 1. The number of halogens is 3. The highest BCUT2D eigenvalue weighted by molar-refractivity contribution is 5.96. The van der Waals surface area contributed by atoms with Crippen molar-refractivity contribution in [3.05, 3.63) is 65.2 Å². The molecule has 0 radical (unpaired) electrons. The van der Waals surface area contributed by atoms with E-state index in [1.807, 2.05) is 6.92 Å². The maximum absolute atomic E-state index is 13.7. The predicted octanol–water partition coefficient (Wildman–Crippen LogP) is 5.83. The van der Waals surface area contributed by atoms with E-state index >= 15 is 0 Å². The van der Waals surface area contributed by atoms with Gasteiger partial charge in [0.1, 0.15) is 11.6 Å². The molecule has 4 heterocycles. The Hall–Kier alpha value is -4.09. The largest absolute Gasteiger partial charge is 0.493 e. The van der Waals surface area contributed by atoms with Crippen molar-refractivity contribution in [3.8, 4) is 5.75 Å². The Kier molecular flexibility index (Phi) is 9.22. The van der Waals surface area contributed by atoms with Crippen LogP contribution in [0.3, 0.4) is 0 Å². The Balaban J connectivity index is 1.15. The molecule has 2 saturated heterocycles. The van der Waals surface area contributed by atoms with E-state index in [1.54, 1.807) is 41.3 Å². The van der Waals surface area contributed by atoms with E-state index in [4.69, 9.17) is 13.9 Å². The van der Waals surface area contributed by atoms with E-state index in [0.29, 0.717) is 48.4 Å². The molecule has 0 bridgehead atoms. The third-order valence-corrected chi connectivity index (χ3v) is 7.92. The predicted molar refractivity (Wildman–Crippen MR) is 153 cm³/mol. The van der Waals surface area contributed by atoms with Crippen molar-refractivity contribution >= 4 is 23.6 Å². The summed E-state index contributed by atoms with van der Waals surface area (Å²) in [4.78, 5) is 36.7. The van der Waals surface area contributed by atoms with Gasteiger partial charge in [-0.1, -0.05) is 19.1 Å². The number of anilines is 2. The molecule has 43 heavy (non-hydrogen) atoms. The van der Waals surface area contributed by atoms with Gasteiger partial charge in [-0.05, 0) is 67.3 Å². The third-order valence-electron chi connectivity index (χ3n) is 7.92. The fourth-order valence-corrected chi connectivity index (χ4v) is 5.54. The zero-order valence-corrected chi connectivity index (χ0v) is 24.2. The lowest BCUT2D eigenvalue weighted by molar-refractivity contribution is -0.141. The summed E-state index contributed by atoms with van der Waals surface area (Å²) in [7, 11) is 1.34. The normalized spacial score (nSPS) is 18.0. The number of ether oxygens (including phenoxy) is 2. The van der Waals surface area contributed by atoms with Gasteiger partial charge >= 0.3 is 12.1 Å². The van der Waals surface area contributed by atoms with Crippen molar-refractivity contribution in [3.63, 3.8) is 0 Å². The van der Waals surface area contributed by atoms with Crippen molar-refractivity contribution in [2.45, 2.75) is 45.2 Å². The minimum atomic E-state index is -4.81. The first-order valence-electron chi connectivity index (χ1n) is 14.5. The van der Waals surface area contributed by atoms with E-state index in [1.165, 1.54) is 13.3 Å². The molecule has 1 unspecified atom stereocenters. The average Bonchev–Trinajstić information content (AvgIpc) is 3.48. The highest BCUT2D eigenvalue weighted by Gasteiger charge is 2.42. The summed E-state index contributed by atoms with van der Waals surface area (Å²) >= 11 is 0. The molecule has 2 fully saturated rings. The number of methoxy groups -OCH3 is 1. The van der Waals surface area contributed by atoms with Crippen LogP contribution in [-0.4, -0.2) is 61.6 Å². The first-order valence-corrected chi connectivity index (χ1v) is 14.5. The van der Waals surface area contributed by atoms with Gasteiger partial charge in [-0.15, -0.1) is 0 Å². The minimum absolute atomic E-state index is 0.154. The topological polar surface area (TPSA) is 98.0 Å². The molecule has 1 aromatic carbocycles.